The normalized spacial score (nSPS) is 11.2. The van der Waals surface area contributed by atoms with Crippen molar-refractivity contribution in [3.63, 3.8) is 0 Å². The van der Waals surface area contributed by atoms with Crippen molar-refractivity contribution < 1.29 is 18.3 Å². The number of alkyl halides is 2. The summed E-state index contributed by atoms with van der Waals surface area (Å²) in [5, 5.41) is 8.26. The van der Waals surface area contributed by atoms with Crippen molar-refractivity contribution >= 4 is 22.9 Å². The quantitative estimate of drug-likeness (QED) is 0.847. The number of hydrogen-bond acceptors (Lipinski definition) is 5. The predicted octanol–water partition coefficient (Wildman–Crippen LogP) is 2.36. The third-order valence-electron chi connectivity index (χ3n) is 2.72. The summed E-state index contributed by atoms with van der Waals surface area (Å²) in [4.78, 5) is 14.2. The number of halogens is 2. The smallest absolute Gasteiger partial charge is 0.387 e. The maximum absolute atomic E-state index is 12.3. The van der Waals surface area contributed by atoms with Crippen LogP contribution in [0.4, 0.5) is 14.5 Å². The Hall–Kier alpha value is -2.00. The van der Waals surface area contributed by atoms with Crippen molar-refractivity contribution in [3.8, 4) is 5.75 Å². The van der Waals surface area contributed by atoms with E-state index in [0.717, 1.165) is 17.9 Å². The van der Waals surface area contributed by atoms with Crippen LogP contribution in [0, 0.1) is 0 Å². The topological polar surface area (TPSA) is 59.4 Å². The molecule has 0 bridgehead atoms. The zero-order valence-electron chi connectivity index (χ0n) is 12.1. The summed E-state index contributed by atoms with van der Waals surface area (Å²) in [5.74, 6) is -0.629. The molecule has 0 unspecified atom stereocenters. The molecule has 0 saturated carbocycles. The molecule has 0 spiro atoms. The third kappa shape index (κ3) is 4.50. The molecule has 2 aromatic rings. The van der Waals surface area contributed by atoms with Gasteiger partial charge < -0.3 is 15.0 Å². The molecule has 1 amide bonds. The molecule has 0 aromatic carbocycles. The summed E-state index contributed by atoms with van der Waals surface area (Å²) in [7, 11) is 3.90. The van der Waals surface area contributed by atoms with Gasteiger partial charge >= 0.3 is 6.61 Å². The second-order valence-corrected chi connectivity index (χ2v) is 5.66. The highest BCUT2D eigenvalue weighted by atomic mass is 32.1. The van der Waals surface area contributed by atoms with Gasteiger partial charge in [0.2, 0.25) is 0 Å². The zero-order chi connectivity index (χ0) is 16.1. The number of anilines is 1. The van der Waals surface area contributed by atoms with E-state index in [-0.39, 0.29) is 10.6 Å². The Morgan fingerprint density at radius 3 is 3.00 bits per heavy atom. The van der Waals surface area contributed by atoms with Crippen LogP contribution >= 0.6 is 11.3 Å². The Morgan fingerprint density at radius 2 is 2.32 bits per heavy atom. The Kier molecular flexibility index (Phi) is 5.45. The van der Waals surface area contributed by atoms with Crippen LogP contribution in [0.5, 0.6) is 5.75 Å². The Bertz CT molecular complexity index is 627. The van der Waals surface area contributed by atoms with Gasteiger partial charge in [-0.1, -0.05) is 0 Å². The minimum atomic E-state index is -2.96. The van der Waals surface area contributed by atoms with Gasteiger partial charge in [0.05, 0.1) is 18.4 Å². The van der Waals surface area contributed by atoms with Crippen LogP contribution in [-0.2, 0) is 6.54 Å². The molecule has 0 aliphatic carbocycles. The molecular formula is C13H16F2N4O2S. The summed E-state index contributed by atoms with van der Waals surface area (Å²) in [6.45, 7) is -1.47. The number of hydrogen-bond donors (Lipinski definition) is 1. The summed E-state index contributed by atoms with van der Waals surface area (Å²) < 4.78 is 30.5. The summed E-state index contributed by atoms with van der Waals surface area (Å²) >= 11 is 1.04. The highest BCUT2D eigenvalue weighted by Crippen LogP contribution is 2.27. The Morgan fingerprint density at radius 1 is 1.55 bits per heavy atom. The average Bonchev–Trinajstić information content (AvgIpc) is 3.05. The van der Waals surface area contributed by atoms with E-state index >= 15 is 0 Å². The summed E-state index contributed by atoms with van der Waals surface area (Å²) in [5.41, 5.74) is 0.500. The molecule has 120 valence electrons. The first-order valence-electron chi connectivity index (χ1n) is 6.46. The van der Waals surface area contributed by atoms with Crippen LogP contribution < -0.4 is 10.1 Å². The number of ether oxygens (including phenoxy) is 1. The van der Waals surface area contributed by atoms with E-state index in [1.165, 1.54) is 17.6 Å². The van der Waals surface area contributed by atoms with E-state index in [9.17, 15) is 13.6 Å². The van der Waals surface area contributed by atoms with Gasteiger partial charge in [-0.15, -0.1) is 11.3 Å². The highest BCUT2D eigenvalue weighted by molar-refractivity contribution is 7.12. The largest absolute Gasteiger partial charge is 0.433 e. The van der Waals surface area contributed by atoms with Gasteiger partial charge in [0.15, 0.2) is 0 Å². The lowest BCUT2D eigenvalue weighted by atomic mass is 10.4. The van der Waals surface area contributed by atoms with Gasteiger partial charge in [0.25, 0.3) is 5.91 Å². The number of carbonyl (C=O) groups is 1. The highest BCUT2D eigenvalue weighted by Gasteiger charge is 2.18. The van der Waals surface area contributed by atoms with Gasteiger partial charge in [0.1, 0.15) is 10.6 Å². The zero-order valence-corrected chi connectivity index (χ0v) is 12.9. The molecule has 1 N–H and O–H groups in total. The second-order valence-electron chi connectivity index (χ2n) is 4.74. The van der Waals surface area contributed by atoms with Crippen molar-refractivity contribution in [2.24, 2.45) is 0 Å². The lowest BCUT2D eigenvalue weighted by Crippen LogP contribution is -2.18. The number of thiophene rings is 1. The van der Waals surface area contributed by atoms with Crippen LogP contribution in [0.1, 0.15) is 9.67 Å². The monoisotopic (exact) mass is 330 g/mol. The average molecular weight is 330 g/mol. The SMILES string of the molecule is CN(C)CCn1cc(NC(=O)c2sccc2OC(F)F)cn1. The molecule has 22 heavy (non-hydrogen) atoms. The van der Waals surface area contributed by atoms with Crippen molar-refractivity contribution in [2.75, 3.05) is 26.0 Å². The van der Waals surface area contributed by atoms with Gasteiger partial charge in [-0.3, -0.25) is 9.48 Å². The van der Waals surface area contributed by atoms with E-state index < -0.39 is 12.5 Å². The third-order valence-corrected chi connectivity index (χ3v) is 3.61. The molecule has 6 nitrogen and oxygen atoms in total. The van der Waals surface area contributed by atoms with Gasteiger partial charge in [0, 0.05) is 12.7 Å². The van der Waals surface area contributed by atoms with Gasteiger partial charge in [-0.25, -0.2) is 0 Å². The van der Waals surface area contributed by atoms with Gasteiger partial charge in [-0.05, 0) is 25.5 Å². The number of aromatic nitrogens is 2. The molecule has 0 aliphatic heterocycles. The lowest BCUT2D eigenvalue weighted by Gasteiger charge is -2.08. The molecule has 0 fully saturated rings. The fourth-order valence-electron chi connectivity index (χ4n) is 1.69. The van der Waals surface area contributed by atoms with E-state index in [2.05, 4.69) is 15.2 Å². The fourth-order valence-corrected chi connectivity index (χ4v) is 2.41. The number of amides is 1. The minimum Gasteiger partial charge on any atom is -0.433 e. The molecule has 0 radical (unpaired) electrons. The number of nitrogens with zero attached hydrogens (tertiary/aromatic N) is 3. The van der Waals surface area contributed by atoms with Crippen LogP contribution in [-0.4, -0.2) is 47.8 Å². The molecule has 2 rings (SSSR count). The molecule has 0 aliphatic rings. The van der Waals surface area contributed by atoms with Crippen LogP contribution in [0.3, 0.4) is 0 Å². The minimum absolute atomic E-state index is 0.0985. The second kappa shape index (κ2) is 7.32. The Labute approximate surface area is 130 Å². The first kappa shape index (κ1) is 16.4. The fraction of sp³-hybridized carbons (Fsp3) is 0.385. The Balaban J connectivity index is 1.99. The lowest BCUT2D eigenvalue weighted by molar-refractivity contribution is -0.0498. The van der Waals surface area contributed by atoms with Crippen molar-refractivity contribution in [3.05, 3.63) is 28.7 Å². The number of carbonyl (C=O) groups excluding carboxylic acids is 1. The molecule has 2 heterocycles. The number of rotatable bonds is 7. The van der Waals surface area contributed by atoms with Crippen LogP contribution in [0.25, 0.3) is 0 Å². The standard InChI is InChI=1S/C13H16F2N4O2S/c1-18(2)4-5-19-8-9(7-16-19)17-12(20)11-10(3-6-22-11)21-13(14)15/h3,6-8,13H,4-5H2,1-2H3,(H,17,20). The van der Waals surface area contributed by atoms with E-state index in [1.807, 2.05) is 19.0 Å². The van der Waals surface area contributed by atoms with Gasteiger partial charge in [-0.2, -0.15) is 13.9 Å². The number of likely N-dealkylation sites (N-methyl/N-ethyl adjacent to an activating group) is 1. The molecule has 0 atom stereocenters. The molecule has 0 saturated heterocycles. The first-order valence-corrected chi connectivity index (χ1v) is 7.34. The number of nitrogens with one attached hydrogen (secondary N) is 1. The molecular weight excluding hydrogens is 314 g/mol. The van der Waals surface area contributed by atoms with Crippen molar-refractivity contribution in [1.29, 1.82) is 0 Å². The first-order chi connectivity index (χ1) is 10.5. The van der Waals surface area contributed by atoms with Crippen molar-refractivity contribution in [2.45, 2.75) is 13.2 Å². The van der Waals surface area contributed by atoms with E-state index in [4.69, 9.17) is 0 Å². The van der Waals surface area contributed by atoms with E-state index in [0.29, 0.717) is 12.2 Å². The van der Waals surface area contributed by atoms with Crippen molar-refractivity contribution in [1.82, 2.24) is 14.7 Å². The molecule has 2 aromatic heterocycles. The maximum Gasteiger partial charge on any atom is 0.387 e. The van der Waals surface area contributed by atoms with Crippen LogP contribution in [0.15, 0.2) is 23.8 Å². The summed E-state index contributed by atoms with van der Waals surface area (Å²) in [6, 6.07) is 1.34. The predicted molar refractivity (Wildman–Crippen MR) is 79.7 cm³/mol. The van der Waals surface area contributed by atoms with Crippen LogP contribution in [0.2, 0.25) is 0 Å². The maximum atomic E-state index is 12.3. The van der Waals surface area contributed by atoms with E-state index in [1.54, 1.807) is 10.9 Å². The molecule has 9 heteroatoms. The summed E-state index contributed by atoms with van der Waals surface area (Å²) in [6.07, 6.45) is 3.19.